The average Bonchev–Trinajstić information content (AvgIpc) is 2.30. The maximum absolute atomic E-state index is 11.4. The van der Waals surface area contributed by atoms with Crippen LogP contribution >= 0.6 is 0 Å². The molecule has 1 aromatic heterocycles. The molecule has 0 amide bonds. The monoisotopic (exact) mass is 242 g/mol. The van der Waals surface area contributed by atoms with Gasteiger partial charge in [0, 0.05) is 30.9 Å². The Morgan fingerprint density at radius 1 is 1.19 bits per heavy atom. The molecule has 0 bridgehead atoms. The minimum atomic E-state index is 0. The molecule has 0 saturated carbocycles. The third-order valence-corrected chi connectivity index (χ3v) is 2.53. The van der Waals surface area contributed by atoms with E-state index in [9.17, 15) is 4.79 Å². The topological polar surface area (TPSA) is 24.2 Å². The van der Waals surface area contributed by atoms with Crippen molar-refractivity contribution >= 4 is 11.6 Å². The molecule has 0 N–H and O–H groups in total. The number of nitrogens with zero attached hydrogens (tertiary/aromatic N) is 2. The lowest BCUT2D eigenvalue weighted by Crippen LogP contribution is -3.00. The fourth-order valence-electron chi connectivity index (χ4n) is 1.57. The van der Waals surface area contributed by atoms with E-state index in [0.29, 0.717) is 6.42 Å². The van der Waals surface area contributed by atoms with Gasteiger partial charge >= 0.3 is 5.91 Å². The predicted octanol–water partition coefficient (Wildman–Crippen LogP) is -1.13. The predicted molar refractivity (Wildman–Crippen MR) is 61.1 cm³/mol. The second-order valence-electron chi connectivity index (χ2n) is 3.38. The summed E-state index contributed by atoms with van der Waals surface area (Å²) in [6.07, 6.45) is 4.20. The summed E-state index contributed by atoms with van der Waals surface area (Å²) in [6, 6.07) is 3.97. The fraction of sp³-hybridized carbons (Fsp3) is 0.500. The van der Waals surface area contributed by atoms with Crippen molar-refractivity contribution in [3.8, 4) is 0 Å². The minimum absolute atomic E-state index is 0. The molecule has 16 heavy (non-hydrogen) atoms. The summed E-state index contributed by atoms with van der Waals surface area (Å²) < 4.78 is 1.63. The van der Waals surface area contributed by atoms with Crippen molar-refractivity contribution in [3.05, 3.63) is 24.5 Å². The van der Waals surface area contributed by atoms with Gasteiger partial charge in [-0.3, -0.25) is 0 Å². The molecule has 0 radical (unpaired) electrons. The van der Waals surface area contributed by atoms with Gasteiger partial charge in [0.1, 0.15) is 0 Å². The lowest BCUT2D eigenvalue weighted by Gasteiger charge is -2.19. The molecule has 0 atom stereocenters. The summed E-state index contributed by atoms with van der Waals surface area (Å²) in [5.74, 6) is 0.126. The molecule has 1 heterocycles. The van der Waals surface area contributed by atoms with Crippen LogP contribution in [0.15, 0.2) is 24.5 Å². The Balaban J connectivity index is 0.00000225. The van der Waals surface area contributed by atoms with Crippen molar-refractivity contribution in [1.82, 2.24) is 0 Å². The Bertz CT molecular complexity index is 320. The zero-order chi connectivity index (χ0) is 11.3. The van der Waals surface area contributed by atoms with E-state index >= 15 is 0 Å². The number of halogens is 1. The van der Waals surface area contributed by atoms with Gasteiger partial charge in [0.15, 0.2) is 12.4 Å². The van der Waals surface area contributed by atoms with Gasteiger partial charge < -0.3 is 17.3 Å². The molecule has 0 aliphatic rings. The molecule has 3 nitrogen and oxygen atoms in total. The Kier molecular flexibility index (Phi) is 6.74. The van der Waals surface area contributed by atoms with Gasteiger partial charge in [0.25, 0.3) is 0 Å². The van der Waals surface area contributed by atoms with E-state index in [-0.39, 0.29) is 18.3 Å². The quantitative estimate of drug-likeness (QED) is 0.625. The molecule has 0 saturated heterocycles. The number of aromatic nitrogens is 1. The van der Waals surface area contributed by atoms with Gasteiger partial charge in [-0.1, -0.05) is 6.92 Å². The molecule has 1 rings (SSSR count). The van der Waals surface area contributed by atoms with E-state index in [4.69, 9.17) is 0 Å². The van der Waals surface area contributed by atoms with Crippen LogP contribution in [0.2, 0.25) is 0 Å². The van der Waals surface area contributed by atoms with Crippen molar-refractivity contribution in [2.75, 3.05) is 18.0 Å². The highest BCUT2D eigenvalue weighted by molar-refractivity contribution is 5.66. The molecular weight excluding hydrogens is 224 g/mol. The highest BCUT2D eigenvalue weighted by Gasteiger charge is 2.11. The van der Waals surface area contributed by atoms with Crippen molar-refractivity contribution < 1.29 is 21.8 Å². The molecule has 0 aliphatic carbocycles. The van der Waals surface area contributed by atoms with Crippen LogP contribution in [0, 0.1) is 0 Å². The van der Waals surface area contributed by atoms with E-state index in [1.54, 1.807) is 4.57 Å². The largest absolute Gasteiger partial charge is 1.00 e. The fourth-order valence-corrected chi connectivity index (χ4v) is 1.57. The minimum Gasteiger partial charge on any atom is -1.00 e. The van der Waals surface area contributed by atoms with Crippen molar-refractivity contribution in [3.63, 3.8) is 0 Å². The molecule has 0 aromatic carbocycles. The number of hydrogen-bond acceptors (Lipinski definition) is 2. The van der Waals surface area contributed by atoms with Gasteiger partial charge in [-0.15, -0.1) is 4.57 Å². The Labute approximate surface area is 103 Å². The highest BCUT2D eigenvalue weighted by atomic mass is 35.5. The van der Waals surface area contributed by atoms with Crippen LogP contribution in [0.3, 0.4) is 0 Å². The number of rotatable bonds is 4. The van der Waals surface area contributed by atoms with E-state index in [0.717, 1.165) is 13.1 Å². The molecule has 90 valence electrons. The van der Waals surface area contributed by atoms with Crippen LogP contribution in [0.4, 0.5) is 5.69 Å². The SMILES string of the molecule is CCC(=O)[n+]1ccc(N(CC)CC)cc1.[Cl-]. The van der Waals surface area contributed by atoms with Gasteiger partial charge in [0.2, 0.25) is 0 Å². The molecule has 4 heteroatoms. The lowest BCUT2D eigenvalue weighted by atomic mass is 10.3. The second-order valence-corrected chi connectivity index (χ2v) is 3.38. The van der Waals surface area contributed by atoms with E-state index in [1.807, 2.05) is 31.5 Å². The molecule has 0 spiro atoms. The van der Waals surface area contributed by atoms with Crippen LogP contribution in [-0.4, -0.2) is 19.0 Å². The third kappa shape index (κ3) is 3.49. The van der Waals surface area contributed by atoms with E-state index < -0.39 is 0 Å². The Morgan fingerprint density at radius 3 is 2.06 bits per heavy atom. The third-order valence-electron chi connectivity index (χ3n) is 2.53. The van der Waals surface area contributed by atoms with Crippen molar-refractivity contribution in [2.45, 2.75) is 27.2 Å². The first-order chi connectivity index (χ1) is 7.22. The maximum Gasteiger partial charge on any atom is 0.391 e. The molecule has 0 fully saturated rings. The zero-order valence-corrected chi connectivity index (χ0v) is 10.9. The van der Waals surface area contributed by atoms with Gasteiger partial charge in [-0.2, -0.15) is 0 Å². The zero-order valence-electron chi connectivity index (χ0n) is 10.1. The van der Waals surface area contributed by atoms with E-state index in [1.165, 1.54) is 5.69 Å². The summed E-state index contributed by atoms with van der Waals surface area (Å²) >= 11 is 0. The van der Waals surface area contributed by atoms with Crippen LogP contribution in [0.1, 0.15) is 32.0 Å². The van der Waals surface area contributed by atoms with Crippen LogP contribution in [-0.2, 0) is 0 Å². The standard InChI is InChI=1S/C12H19N2O.ClH/c1-4-12(15)14-9-7-11(8-10-14)13(5-2)6-3;/h7-10H,4-6H2,1-3H3;1H/q+1;/p-1. The number of anilines is 1. The Hall–Kier alpha value is -1.09. The van der Waals surface area contributed by atoms with Gasteiger partial charge in [-0.05, 0) is 13.8 Å². The van der Waals surface area contributed by atoms with Crippen molar-refractivity contribution in [1.29, 1.82) is 0 Å². The first-order valence-electron chi connectivity index (χ1n) is 5.52. The molecular formula is C12H19ClN2O. The highest BCUT2D eigenvalue weighted by Crippen LogP contribution is 2.10. The maximum atomic E-state index is 11.4. The van der Waals surface area contributed by atoms with E-state index in [2.05, 4.69) is 18.7 Å². The first kappa shape index (κ1) is 14.9. The summed E-state index contributed by atoms with van der Waals surface area (Å²) in [7, 11) is 0. The number of hydrogen-bond donors (Lipinski definition) is 0. The second kappa shape index (κ2) is 7.23. The van der Waals surface area contributed by atoms with Crippen LogP contribution in [0.25, 0.3) is 0 Å². The Morgan fingerprint density at radius 2 is 1.69 bits per heavy atom. The molecule has 1 aromatic rings. The number of pyridine rings is 1. The normalized spacial score (nSPS) is 9.44. The van der Waals surface area contributed by atoms with Gasteiger partial charge in [0.05, 0.1) is 6.42 Å². The molecule has 0 unspecified atom stereocenters. The lowest BCUT2D eigenvalue weighted by molar-refractivity contribution is -0.574. The van der Waals surface area contributed by atoms with Crippen LogP contribution in [0.5, 0.6) is 0 Å². The summed E-state index contributed by atoms with van der Waals surface area (Å²) in [5.41, 5.74) is 1.17. The summed E-state index contributed by atoms with van der Waals surface area (Å²) in [5, 5.41) is 0. The number of carbonyl (C=O) groups is 1. The number of carbonyl (C=O) groups excluding carboxylic acids is 1. The first-order valence-corrected chi connectivity index (χ1v) is 5.52. The smallest absolute Gasteiger partial charge is 0.391 e. The summed E-state index contributed by atoms with van der Waals surface area (Å²) in [6.45, 7) is 8.10. The van der Waals surface area contributed by atoms with Crippen molar-refractivity contribution in [2.24, 2.45) is 0 Å². The summed E-state index contributed by atoms with van der Waals surface area (Å²) in [4.78, 5) is 13.6. The average molecular weight is 243 g/mol. The van der Waals surface area contributed by atoms with Gasteiger partial charge in [-0.25, -0.2) is 4.79 Å². The van der Waals surface area contributed by atoms with Crippen LogP contribution < -0.4 is 21.9 Å². The molecule has 0 aliphatic heterocycles.